The van der Waals surface area contributed by atoms with E-state index in [1.54, 1.807) is 13.0 Å². The Labute approximate surface area is 114 Å². The van der Waals surface area contributed by atoms with E-state index in [4.69, 9.17) is 5.73 Å². The summed E-state index contributed by atoms with van der Waals surface area (Å²) < 4.78 is 27.4. The molecule has 2 N–H and O–H groups in total. The van der Waals surface area contributed by atoms with E-state index < -0.39 is 11.6 Å². The smallest absolute Gasteiger partial charge is 0.142 e. The second kappa shape index (κ2) is 5.52. The van der Waals surface area contributed by atoms with Crippen LogP contribution in [0.2, 0.25) is 0 Å². The Morgan fingerprint density at radius 2 is 1.79 bits per heavy atom. The highest BCUT2D eigenvalue weighted by Gasteiger charge is 2.13. The van der Waals surface area contributed by atoms with Gasteiger partial charge >= 0.3 is 0 Å². The maximum absolute atomic E-state index is 13.7. The van der Waals surface area contributed by atoms with Crippen LogP contribution < -0.4 is 5.73 Å². The third kappa shape index (κ3) is 3.20. The summed E-state index contributed by atoms with van der Waals surface area (Å²) in [5, 5.41) is 0.520. The molecule has 0 radical (unpaired) electrons. The van der Waals surface area contributed by atoms with Gasteiger partial charge < -0.3 is 5.73 Å². The van der Waals surface area contributed by atoms with Crippen LogP contribution in [0, 0.1) is 18.6 Å². The summed E-state index contributed by atoms with van der Waals surface area (Å²) >= 11 is 0.937. The van der Waals surface area contributed by atoms with Gasteiger partial charge in [0.25, 0.3) is 0 Å². The molecule has 0 saturated heterocycles. The molecule has 0 amide bonds. The quantitative estimate of drug-likeness (QED) is 0.692. The molecule has 0 aliphatic carbocycles. The van der Waals surface area contributed by atoms with E-state index in [0.29, 0.717) is 10.9 Å². The van der Waals surface area contributed by atoms with Gasteiger partial charge in [0, 0.05) is 11.4 Å². The van der Waals surface area contributed by atoms with Crippen molar-refractivity contribution in [3.05, 3.63) is 41.4 Å². The molecule has 2 aromatic rings. The molecule has 0 unspecified atom stereocenters. The zero-order valence-electron chi connectivity index (χ0n) is 10.6. The summed E-state index contributed by atoms with van der Waals surface area (Å²) in [6.45, 7) is 3.71. The van der Waals surface area contributed by atoms with Crippen LogP contribution >= 0.6 is 11.8 Å². The van der Waals surface area contributed by atoms with Gasteiger partial charge in [-0.05, 0) is 31.5 Å². The zero-order chi connectivity index (χ0) is 14.0. The van der Waals surface area contributed by atoms with Crippen LogP contribution in [0.1, 0.15) is 18.4 Å². The number of halogens is 2. The van der Waals surface area contributed by atoms with Gasteiger partial charge in [0.2, 0.25) is 0 Å². The predicted octanol–water partition coefficient (Wildman–Crippen LogP) is 3.36. The Balaban J connectivity index is 2.39. The number of nitrogen functional groups attached to an aromatic ring is 1. The Morgan fingerprint density at radius 3 is 2.37 bits per heavy atom. The Morgan fingerprint density at radius 1 is 1.16 bits per heavy atom. The summed E-state index contributed by atoms with van der Waals surface area (Å²) in [7, 11) is 0. The second-order valence-corrected chi connectivity index (χ2v) is 5.04. The summed E-state index contributed by atoms with van der Waals surface area (Å²) in [6, 6.07) is 3.92. The monoisotopic (exact) mass is 281 g/mol. The van der Waals surface area contributed by atoms with E-state index in [2.05, 4.69) is 9.97 Å². The van der Waals surface area contributed by atoms with Crippen molar-refractivity contribution >= 4 is 17.4 Å². The van der Waals surface area contributed by atoms with Gasteiger partial charge in [-0.1, -0.05) is 18.7 Å². The lowest BCUT2D eigenvalue weighted by Gasteiger charge is -2.07. The van der Waals surface area contributed by atoms with Gasteiger partial charge in [-0.15, -0.1) is 0 Å². The van der Waals surface area contributed by atoms with E-state index in [9.17, 15) is 8.78 Å². The number of aryl methyl sites for hydroxylation is 2. The van der Waals surface area contributed by atoms with Crippen molar-refractivity contribution in [1.82, 2.24) is 9.97 Å². The van der Waals surface area contributed by atoms with Crippen LogP contribution in [-0.2, 0) is 6.42 Å². The summed E-state index contributed by atoms with van der Waals surface area (Å²) in [5.74, 6) is -0.785. The molecule has 1 aromatic heterocycles. The molecule has 0 aliphatic rings. The van der Waals surface area contributed by atoms with Crippen LogP contribution in [0.5, 0.6) is 0 Å². The average molecular weight is 281 g/mol. The molecule has 0 aliphatic heterocycles. The average Bonchev–Trinajstić information content (AvgIpc) is 2.33. The van der Waals surface area contributed by atoms with Crippen molar-refractivity contribution in [2.75, 3.05) is 5.73 Å². The summed E-state index contributed by atoms with van der Waals surface area (Å²) in [4.78, 5) is 8.29. The van der Waals surface area contributed by atoms with Crippen LogP contribution in [0.3, 0.4) is 0 Å². The highest BCUT2D eigenvalue weighted by molar-refractivity contribution is 7.99. The molecule has 6 heteroatoms. The highest BCUT2D eigenvalue weighted by atomic mass is 32.2. The standard InChI is InChI=1S/C13H13F2N3S/c1-3-9-6-12(18-7(2)17-9)19-13-10(14)4-8(16)5-11(13)15/h4-6H,3,16H2,1-2H3. The molecule has 1 heterocycles. The van der Waals surface area contributed by atoms with Crippen molar-refractivity contribution < 1.29 is 8.78 Å². The first-order chi connectivity index (χ1) is 8.99. The molecule has 0 atom stereocenters. The minimum atomic E-state index is -0.684. The first kappa shape index (κ1) is 13.7. The van der Waals surface area contributed by atoms with Crippen LogP contribution in [0.25, 0.3) is 0 Å². The second-order valence-electron chi connectivity index (χ2n) is 4.01. The number of anilines is 1. The van der Waals surface area contributed by atoms with Crippen LogP contribution in [0.4, 0.5) is 14.5 Å². The lowest BCUT2D eigenvalue weighted by Crippen LogP contribution is -1.97. The molecule has 1 aromatic carbocycles. The SMILES string of the molecule is CCc1cc(Sc2c(F)cc(N)cc2F)nc(C)n1. The van der Waals surface area contributed by atoms with Gasteiger partial charge in [-0.3, -0.25) is 0 Å². The van der Waals surface area contributed by atoms with Crippen LogP contribution in [-0.4, -0.2) is 9.97 Å². The molecule has 100 valence electrons. The molecule has 19 heavy (non-hydrogen) atoms. The molecule has 0 bridgehead atoms. The predicted molar refractivity (Wildman–Crippen MR) is 71.0 cm³/mol. The minimum absolute atomic E-state index is 0.0625. The molecular formula is C13H13F2N3S. The number of hydrogen-bond acceptors (Lipinski definition) is 4. The fourth-order valence-corrected chi connectivity index (χ4v) is 2.51. The number of nitrogens with zero attached hydrogens (tertiary/aromatic N) is 2. The largest absolute Gasteiger partial charge is 0.399 e. The summed E-state index contributed by atoms with van der Waals surface area (Å²) in [6.07, 6.45) is 0.740. The van der Waals surface area contributed by atoms with Crippen molar-refractivity contribution in [2.24, 2.45) is 0 Å². The lowest BCUT2D eigenvalue weighted by atomic mass is 10.3. The number of nitrogens with two attached hydrogens (primary N) is 1. The van der Waals surface area contributed by atoms with Gasteiger partial charge in [0.05, 0.1) is 4.90 Å². The van der Waals surface area contributed by atoms with E-state index in [1.165, 1.54) is 0 Å². The Bertz CT molecular complexity index is 594. The molecule has 3 nitrogen and oxygen atoms in total. The van der Waals surface area contributed by atoms with Gasteiger partial charge in [0.1, 0.15) is 22.5 Å². The maximum Gasteiger partial charge on any atom is 0.142 e. The van der Waals surface area contributed by atoms with E-state index in [0.717, 1.165) is 36.0 Å². The number of aromatic nitrogens is 2. The summed E-state index contributed by atoms with van der Waals surface area (Å²) in [5.41, 5.74) is 6.28. The highest BCUT2D eigenvalue weighted by Crippen LogP contribution is 2.32. The Hall–Kier alpha value is -1.69. The third-order valence-electron chi connectivity index (χ3n) is 2.46. The Kier molecular flexibility index (Phi) is 3.99. The molecule has 0 spiro atoms. The van der Waals surface area contributed by atoms with E-state index in [-0.39, 0.29) is 10.6 Å². The molecule has 0 saturated carbocycles. The fourth-order valence-electron chi connectivity index (χ4n) is 1.61. The number of hydrogen-bond donors (Lipinski definition) is 1. The van der Waals surface area contributed by atoms with Crippen molar-refractivity contribution in [3.8, 4) is 0 Å². The first-order valence-electron chi connectivity index (χ1n) is 5.76. The molecular weight excluding hydrogens is 268 g/mol. The topological polar surface area (TPSA) is 51.8 Å². The molecule has 0 fully saturated rings. The zero-order valence-corrected chi connectivity index (χ0v) is 11.4. The number of benzene rings is 1. The van der Waals surface area contributed by atoms with Crippen molar-refractivity contribution in [1.29, 1.82) is 0 Å². The molecule has 2 rings (SSSR count). The normalized spacial score (nSPS) is 10.7. The van der Waals surface area contributed by atoms with Crippen LogP contribution in [0.15, 0.2) is 28.1 Å². The lowest BCUT2D eigenvalue weighted by molar-refractivity contribution is 0.541. The van der Waals surface area contributed by atoms with Crippen molar-refractivity contribution in [3.63, 3.8) is 0 Å². The van der Waals surface area contributed by atoms with Gasteiger partial charge in [-0.25, -0.2) is 18.7 Å². The van der Waals surface area contributed by atoms with Crippen molar-refractivity contribution in [2.45, 2.75) is 30.2 Å². The maximum atomic E-state index is 13.7. The van der Waals surface area contributed by atoms with E-state index in [1.807, 2.05) is 6.92 Å². The minimum Gasteiger partial charge on any atom is -0.399 e. The van der Waals surface area contributed by atoms with E-state index >= 15 is 0 Å². The van der Waals surface area contributed by atoms with Gasteiger partial charge in [0.15, 0.2) is 0 Å². The first-order valence-corrected chi connectivity index (χ1v) is 6.58. The third-order valence-corrected chi connectivity index (χ3v) is 3.47. The van der Waals surface area contributed by atoms with Gasteiger partial charge in [-0.2, -0.15) is 0 Å². The fraction of sp³-hybridized carbons (Fsp3) is 0.231. The number of rotatable bonds is 3.